The smallest absolute Gasteiger partial charge is 0.145 e. The first-order valence-electron chi connectivity index (χ1n) is 12.2. The molecule has 0 fully saturated rings. The highest BCUT2D eigenvalue weighted by Crippen LogP contribution is 2.32. The van der Waals surface area contributed by atoms with Gasteiger partial charge in [0, 0.05) is 5.56 Å². The second kappa shape index (κ2) is 11.3. The monoisotopic (exact) mass is 472 g/mol. The van der Waals surface area contributed by atoms with Crippen LogP contribution in [0, 0.1) is 29.4 Å². The van der Waals surface area contributed by atoms with Crippen molar-refractivity contribution in [1.29, 1.82) is 0 Å². The number of methoxy groups -OCH3 is 1. The largest absolute Gasteiger partial charge is 0.497 e. The lowest BCUT2D eigenvalue weighted by molar-refractivity contribution is 0.411. The Labute approximate surface area is 206 Å². The Balaban J connectivity index is 1.57. The summed E-state index contributed by atoms with van der Waals surface area (Å²) in [7, 11) is 1.62. The van der Waals surface area contributed by atoms with Crippen molar-refractivity contribution in [2.75, 3.05) is 7.11 Å². The van der Waals surface area contributed by atoms with Crippen LogP contribution in [0.3, 0.4) is 0 Å². The molecule has 3 nitrogen and oxygen atoms in total. The van der Waals surface area contributed by atoms with Gasteiger partial charge in [-0.3, -0.25) is 0 Å². The highest BCUT2D eigenvalue weighted by atomic mass is 19.1. The molecule has 3 aromatic carbocycles. The average molecular weight is 473 g/mol. The maximum Gasteiger partial charge on any atom is 0.145 e. The van der Waals surface area contributed by atoms with Gasteiger partial charge in [0.05, 0.1) is 24.0 Å². The number of fused-ring (bicyclic) bond motifs is 1. The SMILES string of the molecule is CCCC1CCc2c(cc(F)c(C#Cc3ccc(N=Nc4ccc(OC)cc4)cc3CC)c2F)C1. The number of benzene rings is 3. The standard InChI is InChI=1S/C30H30F2N2O/c1-4-6-20-7-15-27-23(17-20)19-29(31)28(30(27)32)16-9-22-8-10-25(18-21(22)5-2)34-33-24-11-13-26(35-3)14-12-24/h8,10-14,18-20H,4-7,15,17H2,1-3H3. The van der Waals surface area contributed by atoms with Crippen LogP contribution in [-0.2, 0) is 19.3 Å². The molecule has 1 aliphatic rings. The van der Waals surface area contributed by atoms with Gasteiger partial charge >= 0.3 is 0 Å². The van der Waals surface area contributed by atoms with Gasteiger partial charge in [-0.1, -0.05) is 38.5 Å². The van der Waals surface area contributed by atoms with Gasteiger partial charge in [-0.2, -0.15) is 10.2 Å². The summed E-state index contributed by atoms with van der Waals surface area (Å²) < 4.78 is 35.2. The van der Waals surface area contributed by atoms with Crippen LogP contribution in [0.4, 0.5) is 20.2 Å². The van der Waals surface area contributed by atoms with Gasteiger partial charge in [-0.05, 0) is 96.8 Å². The fraction of sp³-hybridized carbons (Fsp3) is 0.333. The van der Waals surface area contributed by atoms with Crippen molar-refractivity contribution in [2.24, 2.45) is 16.1 Å². The molecule has 1 atom stereocenters. The highest BCUT2D eigenvalue weighted by Gasteiger charge is 2.24. The molecule has 0 heterocycles. The van der Waals surface area contributed by atoms with E-state index in [2.05, 4.69) is 29.0 Å². The highest BCUT2D eigenvalue weighted by molar-refractivity contribution is 5.54. The van der Waals surface area contributed by atoms with Gasteiger partial charge < -0.3 is 4.74 Å². The third-order valence-electron chi connectivity index (χ3n) is 6.57. The molecule has 1 aliphatic carbocycles. The molecule has 0 saturated heterocycles. The second-order valence-corrected chi connectivity index (χ2v) is 8.93. The minimum Gasteiger partial charge on any atom is -0.497 e. The molecule has 3 aromatic rings. The first-order chi connectivity index (χ1) is 17.0. The van der Waals surface area contributed by atoms with Gasteiger partial charge in [0.1, 0.15) is 17.4 Å². The zero-order valence-electron chi connectivity index (χ0n) is 20.5. The molecule has 0 amide bonds. The third-order valence-corrected chi connectivity index (χ3v) is 6.57. The van der Waals surface area contributed by atoms with Gasteiger partial charge in [0.25, 0.3) is 0 Å². The van der Waals surface area contributed by atoms with Crippen molar-refractivity contribution in [3.05, 3.63) is 88.0 Å². The first-order valence-corrected chi connectivity index (χ1v) is 12.2. The molecular weight excluding hydrogens is 442 g/mol. The lowest BCUT2D eigenvalue weighted by atomic mass is 9.81. The molecular formula is C30H30F2N2O. The summed E-state index contributed by atoms with van der Waals surface area (Å²) in [6, 6.07) is 14.3. The molecule has 1 unspecified atom stereocenters. The van der Waals surface area contributed by atoms with E-state index in [-0.39, 0.29) is 5.56 Å². The van der Waals surface area contributed by atoms with Crippen LogP contribution >= 0.6 is 0 Å². The van der Waals surface area contributed by atoms with Crippen LogP contribution in [-0.4, -0.2) is 7.11 Å². The Hall–Kier alpha value is -3.52. The van der Waals surface area contributed by atoms with Crippen LogP contribution < -0.4 is 4.74 Å². The van der Waals surface area contributed by atoms with E-state index in [0.717, 1.165) is 48.1 Å². The number of ether oxygens (including phenoxy) is 1. The molecule has 180 valence electrons. The van der Waals surface area contributed by atoms with E-state index >= 15 is 4.39 Å². The Morgan fingerprint density at radius 1 is 0.971 bits per heavy atom. The van der Waals surface area contributed by atoms with Gasteiger partial charge in [0.15, 0.2) is 0 Å². The Bertz CT molecular complexity index is 1290. The van der Waals surface area contributed by atoms with Crippen LogP contribution in [0.25, 0.3) is 0 Å². The lowest BCUT2D eigenvalue weighted by Gasteiger charge is -2.25. The minimum absolute atomic E-state index is 0.136. The molecule has 4 rings (SSSR count). The Morgan fingerprint density at radius 3 is 2.43 bits per heavy atom. The van der Waals surface area contributed by atoms with Crippen LogP contribution in [0.2, 0.25) is 0 Å². The molecule has 0 bridgehead atoms. The van der Waals surface area contributed by atoms with E-state index in [4.69, 9.17) is 4.74 Å². The van der Waals surface area contributed by atoms with E-state index in [1.54, 1.807) is 7.11 Å². The normalized spacial score (nSPS) is 14.9. The number of hydrogen-bond acceptors (Lipinski definition) is 3. The minimum atomic E-state index is -0.575. The molecule has 5 heteroatoms. The van der Waals surface area contributed by atoms with E-state index in [0.29, 0.717) is 35.7 Å². The van der Waals surface area contributed by atoms with Crippen molar-refractivity contribution in [2.45, 2.75) is 52.4 Å². The van der Waals surface area contributed by atoms with Crippen LogP contribution in [0.5, 0.6) is 5.75 Å². The summed E-state index contributed by atoms with van der Waals surface area (Å²) in [6.07, 6.45) is 5.24. The zero-order valence-corrected chi connectivity index (χ0v) is 20.5. The predicted octanol–water partition coefficient (Wildman–Crippen LogP) is 8.26. The summed E-state index contributed by atoms with van der Waals surface area (Å²) >= 11 is 0. The molecule has 0 aliphatic heterocycles. The maximum atomic E-state index is 15.2. The Kier molecular flexibility index (Phi) is 7.92. The summed E-state index contributed by atoms with van der Waals surface area (Å²) in [4.78, 5) is 0. The number of hydrogen-bond donors (Lipinski definition) is 0. The van der Waals surface area contributed by atoms with Gasteiger partial charge in [-0.15, -0.1) is 0 Å². The van der Waals surface area contributed by atoms with E-state index in [1.165, 1.54) is 6.07 Å². The summed E-state index contributed by atoms with van der Waals surface area (Å²) in [6.45, 7) is 4.16. The predicted molar refractivity (Wildman–Crippen MR) is 136 cm³/mol. The van der Waals surface area contributed by atoms with Crippen molar-refractivity contribution in [1.82, 2.24) is 0 Å². The van der Waals surface area contributed by atoms with Gasteiger partial charge in [-0.25, -0.2) is 8.78 Å². The number of rotatable bonds is 6. The van der Waals surface area contributed by atoms with Crippen molar-refractivity contribution in [3.8, 4) is 17.6 Å². The quantitative estimate of drug-likeness (QED) is 0.263. The molecule has 0 N–H and O–H groups in total. The zero-order chi connectivity index (χ0) is 24.8. The third kappa shape index (κ3) is 5.77. The summed E-state index contributed by atoms with van der Waals surface area (Å²) in [5, 5.41) is 8.58. The van der Waals surface area contributed by atoms with Crippen molar-refractivity contribution in [3.63, 3.8) is 0 Å². The molecule has 35 heavy (non-hydrogen) atoms. The number of aryl methyl sites for hydroxylation is 1. The van der Waals surface area contributed by atoms with E-state index < -0.39 is 11.6 Å². The van der Waals surface area contributed by atoms with Crippen LogP contribution in [0.15, 0.2) is 58.8 Å². The van der Waals surface area contributed by atoms with Crippen molar-refractivity contribution >= 4 is 11.4 Å². The van der Waals surface area contributed by atoms with Crippen molar-refractivity contribution < 1.29 is 13.5 Å². The number of nitrogens with zero attached hydrogens (tertiary/aromatic N) is 2. The summed E-state index contributed by atoms with van der Waals surface area (Å²) in [5.74, 6) is 5.97. The molecule has 0 aromatic heterocycles. The summed E-state index contributed by atoms with van der Waals surface area (Å²) in [5.41, 5.74) is 4.38. The fourth-order valence-corrected chi connectivity index (χ4v) is 4.64. The Morgan fingerprint density at radius 2 is 1.71 bits per heavy atom. The average Bonchev–Trinajstić information content (AvgIpc) is 2.88. The lowest BCUT2D eigenvalue weighted by Crippen LogP contribution is -2.17. The number of halogens is 2. The fourth-order valence-electron chi connectivity index (χ4n) is 4.64. The molecule has 0 radical (unpaired) electrons. The second-order valence-electron chi connectivity index (χ2n) is 8.93. The molecule has 0 saturated carbocycles. The molecule has 0 spiro atoms. The number of azo groups is 1. The van der Waals surface area contributed by atoms with E-state index in [9.17, 15) is 4.39 Å². The topological polar surface area (TPSA) is 34.0 Å². The first kappa shape index (κ1) is 24.6. The van der Waals surface area contributed by atoms with E-state index in [1.807, 2.05) is 49.4 Å². The van der Waals surface area contributed by atoms with Crippen LogP contribution in [0.1, 0.15) is 60.9 Å². The van der Waals surface area contributed by atoms with Gasteiger partial charge in [0.2, 0.25) is 0 Å². The maximum absolute atomic E-state index is 15.2.